The van der Waals surface area contributed by atoms with E-state index in [4.69, 9.17) is 4.74 Å². The van der Waals surface area contributed by atoms with Crippen LogP contribution < -0.4 is 5.56 Å². The van der Waals surface area contributed by atoms with E-state index in [2.05, 4.69) is 15.0 Å². The minimum absolute atomic E-state index is 0.129. The number of hydrogen-bond acceptors (Lipinski definition) is 5. The third kappa shape index (κ3) is 3.71. The number of esters is 1. The molecule has 1 aromatic heterocycles. The van der Waals surface area contributed by atoms with E-state index in [-0.39, 0.29) is 18.1 Å². The van der Waals surface area contributed by atoms with Crippen LogP contribution in [0.5, 0.6) is 0 Å². The van der Waals surface area contributed by atoms with E-state index in [1.807, 2.05) is 0 Å². The summed E-state index contributed by atoms with van der Waals surface area (Å²) in [5.74, 6) is -0.555. The van der Waals surface area contributed by atoms with Crippen molar-refractivity contribution in [3.63, 3.8) is 0 Å². The van der Waals surface area contributed by atoms with Crippen molar-refractivity contribution in [2.45, 2.75) is 6.92 Å². The van der Waals surface area contributed by atoms with Gasteiger partial charge in [-0.1, -0.05) is 0 Å². The van der Waals surface area contributed by atoms with E-state index < -0.39 is 11.5 Å². The lowest BCUT2D eigenvalue weighted by Crippen LogP contribution is -2.20. The molecular weight excluding hydrogens is 224 g/mol. The van der Waals surface area contributed by atoms with Crippen LogP contribution in [0.2, 0.25) is 0 Å². The Morgan fingerprint density at radius 1 is 1.65 bits per heavy atom. The van der Waals surface area contributed by atoms with Gasteiger partial charge in [-0.2, -0.15) is 0 Å². The van der Waals surface area contributed by atoms with Gasteiger partial charge in [-0.25, -0.2) is 14.8 Å². The minimum atomic E-state index is -0.690. The number of carbonyl (C=O) groups is 1. The van der Waals surface area contributed by atoms with Crippen molar-refractivity contribution in [2.24, 2.45) is 4.99 Å². The average Bonchev–Trinajstić information content (AvgIpc) is 2.26. The van der Waals surface area contributed by atoms with E-state index in [9.17, 15) is 9.59 Å². The van der Waals surface area contributed by atoms with Crippen LogP contribution in [0.1, 0.15) is 17.3 Å². The molecule has 7 nitrogen and oxygen atoms in total. The lowest BCUT2D eigenvalue weighted by atomic mass is 10.3. The van der Waals surface area contributed by atoms with Crippen LogP contribution in [0.25, 0.3) is 0 Å². The molecule has 0 aliphatic rings. The van der Waals surface area contributed by atoms with Gasteiger partial charge in [-0.3, -0.25) is 9.78 Å². The zero-order chi connectivity index (χ0) is 12.8. The number of nitrogens with zero attached hydrogens (tertiary/aromatic N) is 3. The molecule has 0 saturated heterocycles. The van der Waals surface area contributed by atoms with Crippen LogP contribution in [-0.2, 0) is 4.74 Å². The lowest BCUT2D eigenvalue weighted by molar-refractivity contribution is 0.0524. The number of H-pyrrole nitrogens is 1. The van der Waals surface area contributed by atoms with Crippen molar-refractivity contribution < 1.29 is 9.53 Å². The van der Waals surface area contributed by atoms with E-state index >= 15 is 0 Å². The van der Waals surface area contributed by atoms with E-state index in [0.717, 1.165) is 6.20 Å². The van der Waals surface area contributed by atoms with Crippen molar-refractivity contribution in [2.75, 3.05) is 20.7 Å². The van der Waals surface area contributed by atoms with Gasteiger partial charge in [-0.05, 0) is 6.92 Å². The van der Waals surface area contributed by atoms with Crippen molar-refractivity contribution in [1.82, 2.24) is 14.9 Å². The van der Waals surface area contributed by atoms with E-state index in [1.165, 1.54) is 6.34 Å². The van der Waals surface area contributed by atoms with Crippen molar-refractivity contribution in [1.29, 1.82) is 0 Å². The smallest absolute Gasteiger partial charge is 0.345 e. The second-order valence-corrected chi connectivity index (χ2v) is 3.38. The quantitative estimate of drug-likeness (QED) is 0.459. The standard InChI is InChI=1S/C10H14N4O3/c1-4-17-9(16)7-5-11-10(13-8(7)15)12-6-14(2)3/h5-6H,4H2,1-3H3,(H,11,13,15). The van der Waals surface area contributed by atoms with Crippen LogP contribution in [0, 0.1) is 0 Å². The largest absolute Gasteiger partial charge is 0.462 e. The maximum atomic E-state index is 11.5. The monoisotopic (exact) mass is 238 g/mol. The van der Waals surface area contributed by atoms with Crippen LogP contribution in [-0.4, -0.2) is 47.9 Å². The molecule has 1 rings (SSSR count). The Hall–Kier alpha value is -2.18. The second-order valence-electron chi connectivity index (χ2n) is 3.38. The molecule has 17 heavy (non-hydrogen) atoms. The number of ether oxygens (including phenoxy) is 1. The zero-order valence-electron chi connectivity index (χ0n) is 9.93. The highest BCUT2D eigenvalue weighted by atomic mass is 16.5. The molecule has 92 valence electrons. The van der Waals surface area contributed by atoms with Gasteiger partial charge < -0.3 is 9.64 Å². The summed E-state index contributed by atoms with van der Waals surface area (Å²) >= 11 is 0. The van der Waals surface area contributed by atoms with E-state index in [1.54, 1.807) is 25.9 Å². The van der Waals surface area contributed by atoms with Crippen molar-refractivity contribution >= 4 is 18.3 Å². The lowest BCUT2D eigenvalue weighted by Gasteiger charge is -2.02. The van der Waals surface area contributed by atoms with Gasteiger partial charge in [0.05, 0.1) is 19.1 Å². The summed E-state index contributed by atoms with van der Waals surface area (Å²) < 4.78 is 4.70. The molecular formula is C10H14N4O3. The summed E-state index contributed by atoms with van der Waals surface area (Å²) in [5, 5.41) is 0. The summed E-state index contributed by atoms with van der Waals surface area (Å²) in [5.41, 5.74) is -0.694. The molecule has 0 aliphatic heterocycles. The first-order valence-electron chi connectivity index (χ1n) is 5.01. The highest BCUT2D eigenvalue weighted by molar-refractivity contribution is 5.88. The number of rotatable bonds is 4. The Balaban J connectivity index is 2.94. The molecule has 1 heterocycles. The molecule has 1 aromatic rings. The summed E-state index contributed by atoms with van der Waals surface area (Å²) in [4.78, 5) is 34.6. The molecule has 1 N–H and O–H groups in total. The van der Waals surface area contributed by atoms with E-state index in [0.29, 0.717) is 0 Å². The highest BCUT2D eigenvalue weighted by Gasteiger charge is 2.12. The van der Waals surface area contributed by atoms with Gasteiger partial charge in [-0.15, -0.1) is 0 Å². The molecule has 0 saturated carbocycles. The summed E-state index contributed by atoms with van der Waals surface area (Å²) in [6.45, 7) is 1.87. The molecule has 0 amide bonds. The molecule has 0 aliphatic carbocycles. The topological polar surface area (TPSA) is 87.7 Å². The fraction of sp³-hybridized carbons (Fsp3) is 0.400. The van der Waals surface area contributed by atoms with Crippen LogP contribution in [0.3, 0.4) is 0 Å². The molecule has 0 fully saturated rings. The highest BCUT2D eigenvalue weighted by Crippen LogP contribution is 2.00. The fourth-order valence-corrected chi connectivity index (χ4v) is 0.975. The molecule has 7 heteroatoms. The van der Waals surface area contributed by atoms with Gasteiger partial charge in [0.1, 0.15) is 5.56 Å². The zero-order valence-corrected chi connectivity index (χ0v) is 9.93. The third-order valence-electron chi connectivity index (χ3n) is 1.69. The van der Waals surface area contributed by atoms with Crippen LogP contribution >= 0.6 is 0 Å². The Morgan fingerprint density at radius 3 is 2.88 bits per heavy atom. The second kappa shape index (κ2) is 5.78. The molecule has 0 spiro atoms. The average molecular weight is 238 g/mol. The van der Waals surface area contributed by atoms with Gasteiger partial charge in [0.15, 0.2) is 0 Å². The van der Waals surface area contributed by atoms with Crippen LogP contribution in [0.4, 0.5) is 5.95 Å². The molecule has 0 aromatic carbocycles. The molecule has 0 bridgehead atoms. The third-order valence-corrected chi connectivity index (χ3v) is 1.69. The normalized spacial score (nSPS) is 10.5. The van der Waals surface area contributed by atoms with Gasteiger partial charge in [0, 0.05) is 14.1 Å². The molecule has 0 atom stereocenters. The van der Waals surface area contributed by atoms with Crippen molar-refractivity contribution in [3.8, 4) is 0 Å². The fourth-order valence-electron chi connectivity index (χ4n) is 0.975. The summed E-state index contributed by atoms with van der Waals surface area (Å²) in [7, 11) is 3.57. The van der Waals surface area contributed by atoms with Crippen LogP contribution in [0.15, 0.2) is 16.0 Å². The summed E-state index contributed by atoms with van der Waals surface area (Å²) in [6.07, 6.45) is 2.64. The Morgan fingerprint density at radius 2 is 2.35 bits per heavy atom. The van der Waals surface area contributed by atoms with Gasteiger partial charge in [0.25, 0.3) is 5.56 Å². The molecule has 0 unspecified atom stereocenters. The maximum absolute atomic E-state index is 11.5. The van der Waals surface area contributed by atoms with Gasteiger partial charge >= 0.3 is 5.97 Å². The van der Waals surface area contributed by atoms with Crippen molar-refractivity contribution in [3.05, 3.63) is 22.1 Å². The Bertz CT molecular complexity index is 479. The first-order valence-corrected chi connectivity index (χ1v) is 5.01. The Kier molecular flexibility index (Phi) is 4.38. The number of aromatic nitrogens is 2. The SMILES string of the molecule is CCOC(=O)c1cnc(N=CN(C)C)[nH]c1=O. The first-order chi connectivity index (χ1) is 8.04. The minimum Gasteiger partial charge on any atom is -0.462 e. The molecule has 0 radical (unpaired) electrons. The number of carbonyl (C=O) groups excluding carboxylic acids is 1. The first kappa shape index (κ1) is 12.9. The number of hydrogen-bond donors (Lipinski definition) is 1. The predicted octanol–water partition coefficient (Wildman–Crippen LogP) is 0.168. The predicted molar refractivity (Wildman–Crippen MR) is 62.7 cm³/mol. The summed E-state index contributed by atoms with van der Waals surface area (Å²) in [6, 6.07) is 0. The Labute approximate surface area is 98.2 Å². The van der Waals surface area contributed by atoms with Gasteiger partial charge in [0.2, 0.25) is 5.95 Å². The maximum Gasteiger partial charge on any atom is 0.345 e. The number of aromatic amines is 1. The number of aliphatic imine (C=N–C) groups is 1. The number of nitrogens with one attached hydrogen (secondary N) is 1.